The van der Waals surface area contributed by atoms with Crippen molar-refractivity contribution in [3.05, 3.63) is 65.2 Å². The van der Waals surface area contributed by atoms with Crippen molar-refractivity contribution in [2.75, 3.05) is 5.32 Å². The molecule has 2 rings (SSSR count). The quantitative estimate of drug-likeness (QED) is 0.770. The van der Waals surface area contributed by atoms with Gasteiger partial charge in [-0.15, -0.1) is 0 Å². The molecule has 0 aliphatic carbocycles. The van der Waals surface area contributed by atoms with E-state index in [0.29, 0.717) is 5.56 Å². The number of benzene rings is 2. The standard InChI is InChI=1S/C20H23NO2/c1-3-15-5-9-17(10-6-15)19(22)13-14-20(23)21-18-11-7-16(4-2)8-12-18/h5-12H,3-4,13-14H2,1-2H3,(H,21,23). The van der Waals surface area contributed by atoms with Gasteiger partial charge in [-0.25, -0.2) is 0 Å². The van der Waals surface area contributed by atoms with Crippen LogP contribution in [0.15, 0.2) is 48.5 Å². The molecule has 0 bridgehead atoms. The Hall–Kier alpha value is -2.42. The fourth-order valence-electron chi connectivity index (χ4n) is 2.35. The van der Waals surface area contributed by atoms with Crippen LogP contribution in [0.4, 0.5) is 5.69 Å². The molecule has 0 heterocycles. The van der Waals surface area contributed by atoms with Crippen molar-refractivity contribution >= 4 is 17.4 Å². The van der Waals surface area contributed by atoms with Crippen LogP contribution in [-0.2, 0) is 17.6 Å². The first-order valence-electron chi connectivity index (χ1n) is 8.13. The molecule has 0 saturated heterocycles. The Morgan fingerprint density at radius 2 is 1.30 bits per heavy atom. The third kappa shape index (κ3) is 5.06. The van der Waals surface area contributed by atoms with Crippen LogP contribution in [0.2, 0.25) is 0 Å². The summed E-state index contributed by atoms with van der Waals surface area (Å²) in [5.74, 6) is -0.128. The topological polar surface area (TPSA) is 46.2 Å². The third-order valence-corrected chi connectivity index (χ3v) is 3.91. The van der Waals surface area contributed by atoms with Gasteiger partial charge < -0.3 is 5.32 Å². The minimum atomic E-state index is -0.132. The van der Waals surface area contributed by atoms with Crippen LogP contribution in [0.5, 0.6) is 0 Å². The highest BCUT2D eigenvalue weighted by Crippen LogP contribution is 2.12. The van der Waals surface area contributed by atoms with Crippen molar-refractivity contribution in [2.24, 2.45) is 0 Å². The number of Topliss-reactive ketones (excluding diaryl/α,β-unsaturated/α-hetero) is 1. The van der Waals surface area contributed by atoms with Gasteiger partial charge in [-0.3, -0.25) is 9.59 Å². The highest BCUT2D eigenvalue weighted by molar-refractivity contribution is 6.00. The second-order valence-electron chi connectivity index (χ2n) is 5.57. The molecule has 0 fully saturated rings. The van der Waals surface area contributed by atoms with Gasteiger partial charge in [-0.05, 0) is 36.1 Å². The Morgan fingerprint density at radius 3 is 1.83 bits per heavy atom. The number of rotatable bonds is 7. The van der Waals surface area contributed by atoms with E-state index in [4.69, 9.17) is 0 Å². The van der Waals surface area contributed by atoms with E-state index in [1.54, 1.807) is 0 Å². The third-order valence-electron chi connectivity index (χ3n) is 3.91. The summed E-state index contributed by atoms with van der Waals surface area (Å²) < 4.78 is 0. The van der Waals surface area contributed by atoms with Crippen molar-refractivity contribution in [1.29, 1.82) is 0 Å². The molecule has 0 radical (unpaired) electrons. The van der Waals surface area contributed by atoms with E-state index >= 15 is 0 Å². The highest BCUT2D eigenvalue weighted by atomic mass is 16.2. The zero-order chi connectivity index (χ0) is 16.7. The van der Waals surface area contributed by atoms with Crippen molar-refractivity contribution in [1.82, 2.24) is 0 Å². The zero-order valence-electron chi connectivity index (χ0n) is 13.8. The summed E-state index contributed by atoms with van der Waals surface area (Å²) in [5, 5.41) is 2.83. The van der Waals surface area contributed by atoms with Crippen molar-refractivity contribution in [3.8, 4) is 0 Å². The first-order valence-corrected chi connectivity index (χ1v) is 8.13. The molecule has 23 heavy (non-hydrogen) atoms. The Labute approximate surface area is 137 Å². The minimum Gasteiger partial charge on any atom is -0.326 e. The van der Waals surface area contributed by atoms with Crippen LogP contribution >= 0.6 is 0 Å². The predicted molar refractivity (Wildman–Crippen MR) is 93.8 cm³/mol. The summed E-state index contributed by atoms with van der Waals surface area (Å²) in [5.41, 5.74) is 3.87. The maximum atomic E-state index is 12.1. The maximum Gasteiger partial charge on any atom is 0.224 e. The van der Waals surface area contributed by atoms with E-state index in [1.165, 1.54) is 11.1 Å². The van der Waals surface area contributed by atoms with E-state index in [0.717, 1.165) is 18.5 Å². The molecule has 2 aromatic carbocycles. The first kappa shape index (κ1) is 16.9. The summed E-state index contributed by atoms with van der Waals surface area (Å²) in [6, 6.07) is 15.4. The zero-order valence-corrected chi connectivity index (χ0v) is 13.8. The summed E-state index contributed by atoms with van der Waals surface area (Å²) >= 11 is 0. The monoisotopic (exact) mass is 309 g/mol. The molecule has 0 aromatic heterocycles. The fourth-order valence-corrected chi connectivity index (χ4v) is 2.35. The summed E-state index contributed by atoms with van der Waals surface area (Å²) in [4.78, 5) is 24.0. The Balaban J connectivity index is 1.83. The van der Waals surface area contributed by atoms with Gasteiger partial charge in [0.25, 0.3) is 0 Å². The minimum absolute atomic E-state index is 0.00383. The number of aryl methyl sites for hydroxylation is 2. The fraction of sp³-hybridized carbons (Fsp3) is 0.300. The molecule has 3 nitrogen and oxygen atoms in total. The van der Waals surface area contributed by atoms with Crippen LogP contribution in [0.1, 0.15) is 48.2 Å². The average Bonchev–Trinajstić information content (AvgIpc) is 2.60. The number of carbonyl (C=O) groups excluding carboxylic acids is 2. The Morgan fingerprint density at radius 1 is 0.783 bits per heavy atom. The summed E-state index contributed by atoms with van der Waals surface area (Å²) in [6.45, 7) is 4.17. The van der Waals surface area contributed by atoms with Gasteiger partial charge in [0.15, 0.2) is 5.78 Å². The molecule has 0 atom stereocenters. The number of hydrogen-bond donors (Lipinski definition) is 1. The Bertz CT molecular complexity index is 657. The summed E-state index contributed by atoms with van der Waals surface area (Å²) in [6.07, 6.45) is 2.35. The van der Waals surface area contributed by atoms with Crippen molar-refractivity contribution < 1.29 is 9.59 Å². The number of amides is 1. The van der Waals surface area contributed by atoms with E-state index < -0.39 is 0 Å². The lowest BCUT2D eigenvalue weighted by molar-refractivity contribution is -0.116. The number of anilines is 1. The van der Waals surface area contributed by atoms with Crippen LogP contribution in [0.25, 0.3) is 0 Å². The van der Waals surface area contributed by atoms with Gasteiger partial charge in [-0.1, -0.05) is 50.2 Å². The van der Waals surface area contributed by atoms with Crippen LogP contribution in [0.3, 0.4) is 0 Å². The molecule has 3 heteroatoms. The number of ketones is 1. The molecule has 0 unspecified atom stereocenters. The van der Waals surface area contributed by atoms with Gasteiger partial charge in [0.05, 0.1) is 0 Å². The van der Waals surface area contributed by atoms with Crippen molar-refractivity contribution in [2.45, 2.75) is 39.5 Å². The van der Waals surface area contributed by atoms with Gasteiger partial charge in [0.2, 0.25) is 5.91 Å². The lowest BCUT2D eigenvalue weighted by Crippen LogP contribution is -2.13. The van der Waals surface area contributed by atoms with Crippen molar-refractivity contribution in [3.63, 3.8) is 0 Å². The maximum absolute atomic E-state index is 12.1. The largest absolute Gasteiger partial charge is 0.326 e. The van der Waals surface area contributed by atoms with Crippen LogP contribution in [0, 0.1) is 0 Å². The normalized spacial score (nSPS) is 10.3. The molecular formula is C20H23NO2. The van der Waals surface area contributed by atoms with E-state index in [2.05, 4.69) is 19.2 Å². The SMILES string of the molecule is CCc1ccc(NC(=O)CCC(=O)c2ccc(CC)cc2)cc1. The lowest BCUT2D eigenvalue weighted by atomic mass is 10.0. The average molecular weight is 309 g/mol. The lowest BCUT2D eigenvalue weighted by Gasteiger charge is -2.06. The number of nitrogens with one attached hydrogen (secondary N) is 1. The van der Waals surface area contributed by atoms with E-state index in [9.17, 15) is 9.59 Å². The molecule has 1 N–H and O–H groups in total. The molecule has 120 valence electrons. The van der Waals surface area contributed by atoms with Gasteiger partial charge >= 0.3 is 0 Å². The molecule has 2 aromatic rings. The first-order chi connectivity index (χ1) is 11.1. The van der Waals surface area contributed by atoms with Gasteiger partial charge in [0, 0.05) is 24.1 Å². The van der Waals surface area contributed by atoms with Gasteiger partial charge in [0.1, 0.15) is 0 Å². The smallest absolute Gasteiger partial charge is 0.224 e. The summed E-state index contributed by atoms with van der Waals surface area (Å²) in [7, 11) is 0. The molecule has 0 saturated carbocycles. The predicted octanol–water partition coefficient (Wildman–Crippen LogP) is 4.41. The molecule has 0 aliphatic rings. The second-order valence-corrected chi connectivity index (χ2v) is 5.57. The number of hydrogen-bond acceptors (Lipinski definition) is 2. The van der Waals surface area contributed by atoms with Crippen LogP contribution in [-0.4, -0.2) is 11.7 Å². The molecule has 0 spiro atoms. The van der Waals surface area contributed by atoms with E-state index in [1.807, 2.05) is 48.5 Å². The Kier molecular flexibility index (Phi) is 6.10. The van der Waals surface area contributed by atoms with Crippen LogP contribution < -0.4 is 5.32 Å². The second kappa shape index (κ2) is 8.28. The van der Waals surface area contributed by atoms with Gasteiger partial charge in [-0.2, -0.15) is 0 Å². The molecule has 0 aliphatic heterocycles. The van der Waals surface area contributed by atoms with E-state index in [-0.39, 0.29) is 24.5 Å². The molecule has 1 amide bonds. The number of carbonyl (C=O) groups is 2. The highest BCUT2D eigenvalue weighted by Gasteiger charge is 2.09. The molecular weight excluding hydrogens is 286 g/mol.